The number of hydrogen-bond donors (Lipinski definition) is 2. The molecule has 0 saturated carbocycles. The molecule has 1 aliphatic heterocycles. The molecule has 0 amide bonds. The number of furan rings is 1. The van der Waals surface area contributed by atoms with Crippen LogP contribution in [0.2, 0.25) is 0 Å². The number of ether oxygens (including phenoxy) is 1. The van der Waals surface area contributed by atoms with Crippen LogP contribution in [0, 0.1) is 0 Å². The molecule has 1 fully saturated rings. The minimum atomic E-state index is -3.99. The van der Waals surface area contributed by atoms with Crippen LogP contribution in [0.3, 0.4) is 0 Å². The molecule has 2 rings (SSSR count). The van der Waals surface area contributed by atoms with Crippen LogP contribution in [0.15, 0.2) is 21.6 Å². The molecule has 8 nitrogen and oxygen atoms in total. The number of carboxylic acid groups (broad SMARTS) is 1. The summed E-state index contributed by atoms with van der Waals surface area (Å²) in [4.78, 5) is 10.7. The molecule has 0 unspecified atom stereocenters. The molecule has 1 aromatic rings. The van der Waals surface area contributed by atoms with E-state index in [9.17, 15) is 18.3 Å². The number of aliphatic hydroxyl groups is 1. The predicted molar refractivity (Wildman–Crippen MR) is 70.5 cm³/mol. The van der Waals surface area contributed by atoms with E-state index in [1.807, 2.05) is 0 Å². The number of rotatable bonds is 5. The van der Waals surface area contributed by atoms with Crippen LogP contribution in [0.1, 0.15) is 23.4 Å². The van der Waals surface area contributed by atoms with Gasteiger partial charge in [-0.05, 0) is 12.1 Å². The largest absolute Gasteiger partial charge is 0.475 e. The molecular formula is C12H17NO7S. The molecule has 9 heteroatoms. The van der Waals surface area contributed by atoms with Gasteiger partial charge in [0.15, 0.2) is 0 Å². The first-order valence-corrected chi connectivity index (χ1v) is 7.78. The van der Waals surface area contributed by atoms with Crippen molar-refractivity contribution >= 4 is 16.0 Å². The standard InChI is InChI=1S/C12H17NO7S/c1-13(8-12(16)4-6-19-7-5-12)21(17,18)10-3-2-9(20-10)11(14)15/h2-3,16H,4-8H2,1H3,(H,14,15). The van der Waals surface area contributed by atoms with Gasteiger partial charge in [0.1, 0.15) is 0 Å². The predicted octanol–water partition coefficient (Wildman–Crippen LogP) is 0.140. The topological polar surface area (TPSA) is 117 Å². The van der Waals surface area contributed by atoms with Crippen molar-refractivity contribution in [2.24, 2.45) is 0 Å². The summed E-state index contributed by atoms with van der Waals surface area (Å²) in [5.41, 5.74) is -1.15. The Morgan fingerprint density at radius 2 is 2.00 bits per heavy atom. The quantitative estimate of drug-likeness (QED) is 0.792. The number of aromatic carboxylic acids is 1. The van der Waals surface area contributed by atoms with Crippen LogP contribution in [0.25, 0.3) is 0 Å². The number of likely N-dealkylation sites (N-methyl/N-ethyl adjacent to an activating group) is 1. The van der Waals surface area contributed by atoms with Crippen molar-refractivity contribution in [1.29, 1.82) is 0 Å². The number of nitrogens with zero attached hydrogens (tertiary/aromatic N) is 1. The molecular weight excluding hydrogens is 302 g/mol. The summed E-state index contributed by atoms with van der Waals surface area (Å²) in [6.07, 6.45) is 0.677. The molecule has 0 bridgehead atoms. The maximum atomic E-state index is 12.3. The highest BCUT2D eigenvalue weighted by Gasteiger charge is 2.36. The van der Waals surface area contributed by atoms with E-state index in [1.54, 1.807) is 0 Å². The lowest BCUT2D eigenvalue weighted by Gasteiger charge is -2.34. The maximum absolute atomic E-state index is 12.3. The van der Waals surface area contributed by atoms with Gasteiger partial charge in [-0.2, -0.15) is 4.31 Å². The first-order chi connectivity index (χ1) is 9.74. The van der Waals surface area contributed by atoms with Crippen molar-refractivity contribution in [3.8, 4) is 0 Å². The van der Waals surface area contributed by atoms with Crippen LogP contribution >= 0.6 is 0 Å². The van der Waals surface area contributed by atoms with Gasteiger partial charge in [-0.3, -0.25) is 0 Å². The van der Waals surface area contributed by atoms with Gasteiger partial charge in [0, 0.05) is 39.6 Å². The van der Waals surface area contributed by atoms with Gasteiger partial charge in [-0.15, -0.1) is 0 Å². The van der Waals surface area contributed by atoms with Gasteiger partial charge in [0.25, 0.3) is 10.0 Å². The molecule has 0 aliphatic carbocycles. The van der Waals surface area contributed by atoms with Crippen molar-refractivity contribution in [3.05, 3.63) is 17.9 Å². The van der Waals surface area contributed by atoms with Crippen LogP contribution in [0.5, 0.6) is 0 Å². The van der Waals surface area contributed by atoms with E-state index in [0.29, 0.717) is 26.1 Å². The lowest BCUT2D eigenvalue weighted by Crippen LogP contribution is -2.47. The zero-order chi connectivity index (χ0) is 15.7. The average molecular weight is 319 g/mol. The summed E-state index contributed by atoms with van der Waals surface area (Å²) in [6.45, 7) is 0.629. The molecule has 0 radical (unpaired) electrons. The molecule has 1 aromatic heterocycles. The van der Waals surface area contributed by atoms with Crippen LogP contribution < -0.4 is 0 Å². The molecule has 1 aliphatic rings. The minimum absolute atomic E-state index is 0.109. The lowest BCUT2D eigenvalue weighted by atomic mass is 9.95. The highest BCUT2D eigenvalue weighted by atomic mass is 32.2. The van der Waals surface area contributed by atoms with Crippen molar-refractivity contribution in [2.75, 3.05) is 26.8 Å². The van der Waals surface area contributed by atoms with Crippen LogP contribution in [-0.2, 0) is 14.8 Å². The number of sulfonamides is 1. The molecule has 0 spiro atoms. The molecule has 2 heterocycles. The van der Waals surface area contributed by atoms with Crippen molar-refractivity contribution < 1.29 is 32.6 Å². The van der Waals surface area contributed by atoms with Crippen molar-refractivity contribution in [2.45, 2.75) is 23.5 Å². The Bertz CT molecular complexity index is 615. The number of hydrogen-bond acceptors (Lipinski definition) is 6. The fourth-order valence-electron chi connectivity index (χ4n) is 2.14. The summed E-state index contributed by atoms with van der Waals surface area (Å²) in [5, 5.41) is 18.6. The Labute approximate surface area is 122 Å². The Balaban J connectivity index is 2.15. The van der Waals surface area contributed by atoms with Gasteiger partial charge in [-0.1, -0.05) is 0 Å². The number of carboxylic acids is 1. The summed E-state index contributed by atoms with van der Waals surface area (Å²) in [6, 6.07) is 2.16. The van der Waals surface area contributed by atoms with E-state index in [0.717, 1.165) is 16.4 Å². The third-order valence-corrected chi connectivity index (χ3v) is 5.07. The van der Waals surface area contributed by atoms with E-state index in [4.69, 9.17) is 14.3 Å². The fraction of sp³-hybridized carbons (Fsp3) is 0.583. The second kappa shape index (κ2) is 5.76. The molecule has 0 atom stereocenters. The Hall–Kier alpha value is -1.42. The second-order valence-corrected chi connectivity index (χ2v) is 7.00. The van der Waals surface area contributed by atoms with Gasteiger partial charge in [-0.25, -0.2) is 13.2 Å². The highest BCUT2D eigenvalue weighted by Crippen LogP contribution is 2.25. The normalized spacial score (nSPS) is 18.8. The van der Waals surface area contributed by atoms with Gasteiger partial charge in [0.2, 0.25) is 10.9 Å². The second-order valence-electron chi connectivity index (χ2n) is 5.02. The lowest BCUT2D eigenvalue weighted by molar-refractivity contribution is -0.0690. The van der Waals surface area contributed by atoms with Crippen molar-refractivity contribution in [3.63, 3.8) is 0 Å². The van der Waals surface area contributed by atoms with E-state index in [-0.39, 0.29) is 6.54 Å². The maximum Gasteiger partial charge on any atom is 0.371 e. The fourth-order valence-corrected chi connectivity index (χ4v) is 3.29. The van der Waals surface area contributed by atoms with Crippen molar-refractivity contribution in [1.82, 2.24) is 4.31 Å². The van der Waals surface area contributed by atoms with Crippen LogP contribution in [-0.4, -0.2) is 61.3 Å². The Morgan fingerprint density at radius 3 is 2.52 bits per heavy atom. The summed E-state index contributed by atoms with van der Waals surface area (Å²) >= 11 is 0. The van der Waals surface area contributed by atoms with E-state index in [2.05, 4.69) is 0 Å². The average Bonchev–Trinajstić information content (AvgIpc) is 2.89. The monoisotopic (exact) mass is 319 g/mol. The van der Waals surface area contributed by atoms with Gasteiger partial charge in [0.05, 0.1) is 5.60 Å². The van der Waals surface area contributed by atoms with Gasteiger partial charge < -0.3 is 19.4 Å². The summed E-state index contributed by atoms with van der Waals surface area (Å²) < 4.78 is 35.5. The van der Waals surface area contributed by atoms with Crippen LogP contribution in [0.4, 0.5) is 0 Å². The number of carbonyl (C=O) groups is 1. The Kier molecular flexibility index (Phi) is 4.38. The molecule has 2 N–H and O–H groups in total. The third kappa shape index (κ3) is 3.43. The van der Waals surface area contributed by atoms with E-state index < -0.39 is 32.4 Å². The van der Waals surface area contributed by atoms with E-state index in [1.165, 1.54) is 7.05 Å². The zero-order valence-corrected chi connectivity index (χ0v) is 12.3. The molecule has 1 saturated heterocycles. The smallest absolute Gasteiger partial charge is 0.371 e. The molecule has 118 valence electrons. The zero-order valence-electron chi connectivity index (χ0n) is 11.5. The highest BCUT2D eigenvalue weighted by molar-refractivity contribution is 7.89. The molecule has 0 aromatic carbocycles. The van der Waals surface area contributed by atoms with E-state index >= 15 is 0 Å². The Morgan fingerprint density at radius 1 is 1.38 bits per heavy atom. The van der Waals surface area contributed by atoms with Gasteiger partial charge >= 0.3 is 5.97 Å². The summed E-state index contributed by atoms with van der Waals surface area (Å²) in [7, 11) is -2.68. The molecule has 21 heavy (non-hydrogen) atoms. The summed E-state index contributed by atoms with van der Waals surface area (Å²) in [5.74, 6) is -1.80. The first-order valence-electron chi connectivity index (χ1n) is 6.34. The first kappa shape index (κ1) is 16.0. The minimum Gasteiger partial charge on any atom is -0.475 e. The SMILES string of the molecule is CN(CC1(O)CCOCC1)S(=O)(=O)c1ccc(C(=O)O)o1. The third-order valence-electron chi connectivity index (χ3n) is 3.40.